The Labute approximate surface area is 163 Å². The predicted molar refractivity (Wildman–Crippen MR) is 103 cm³/mol. The van der Waals surface area contributed by atoms with Crippen LogP contribution in [0.3, 0.4) is 0 Å². The van der Waals surface area contributed by atoms with Gasteiger partial charge in [-0.05, 0) is 42.0 Å². The molecule has 0 amide bonds. The molecule has 0 atom stereocenters. The second-order valence-corrected chi connectivity index (χ2v) is 6.44. The summed E-state index contributed by atoms with van der Waals surface area (Å²) in [5.41, 5.74) is 1.38. The zero-order chi connectivity index (χ0) is 19.7. The lowest BCUT2D eigenvalue weighted by molar-refractivity contribution is 0.0658. The van der Waals surface area contributed by atoms with Crippen molar-refractivity contribution >= 4 is 28.5 Å². The Kier molecular flexibility index (Phi) is 4.63. The maximum atomic E-state index is 12.8. The number of carbonyl (C=O) groups is 1. The van der Waals surface area contributed by atoms with Gasteiger partial charge in [0.2, 0.25) is 5.76 Å². The van der Waals surface area contributed by atoms with Crippen LogP contribution in [0.2, 0.25) is 5.02 Å². The number of carboxylic acids is 1. The number of furan rings is 1. The Morgan fingerprint density at radius 2 is 1.86 bits per heavy atom. The number of ether oxygens (including phenoxy) is 1. The lowest BCUT2D eigenvalue weighted by atomic mass is 10.1. The standard InChI is InChI=1S/C21H13ClO6/c22-13-3-1-12(2-4-13)17-11-27-19-9-14(5-7-16(19)20(17)23)26-10-15-6-8-18(28-15)21(24)25/h1-9,11H,10H2,(H,24,25). The van der Waals surface area contributed by atoms with Crippen molar-refractivity contribution in [3.8, 4) is 16.9 Å². The molecule has 0 radical (unpaired) electrons. The first kappa shape index (κ1) is 17.9. The van der Waals surface area contributed by atoms with Gasteiger partial charge in [0.05, 0.1) is 10.9 Å². The fraction of sp³-hybridized carbons (Fsp3) is 0.0476. The molecule has 140 valence electrons. The van der Waals surface area contributed by atoms with Gasteiger partial charge in [-0.1, -0.05) is 23.7 Å². The van der Waals surface area contributed by atoms with Gasteiger partial charge in [-0.15, -0.1) is 0 Å². The van der Waals surface area contributed by atoms with Crippen molar-refractivity contribution in [2.45, 2.75) is 6.61 Å². The number of halogens is 1. The fourth-order valence-electron chi connectivity index (χ4n) is 2.75. The van der Waals surface area contributed by atoms with Gasteiger partial charge >= 0.3 is 5.97 Å². The molecule has 4 rings (SSSR count). The van der Waals surface area contributed by atoms with Crippen LogP contribution < -0.4 is 10.2 Å². The minimum Gasteiger partial charge on any atom is -0.486 e. The topological polar surface area (TPSA) is 89.9 Å². The molecule has 0 bridgehead atoms. The Morgan fingerprint density at radius 3 is 2.57 bits per heavy atom. The maximum absolute atomic E-state index is 12.8. The molecule has 2 aromatic heterocycles. The third-order valence-electron chi connectivity index (χ3n) is 4.15. The molecule has 0 spiro atoms. The summed E-state index contributed by atoms with van der Waals surface area (Å²) in [4.78, 5) is 23.6. The van der Waals surface area contributed by atoms with Crippen LogP contribution in [0.25, 0.3) is 22.1 Å². The molecule has 7 heteroatoms. The highest BCUT2D eigenvalue weighted by molar-refractivity contribution is 6.30. The number of hydrogen-bond acceptors (Lipinski definition) is 5. The number of aromatic carboxylic acids is 1. The summed E-state index contributed by atoms with van der Waals surface area (Å²) in [7, 11) is 0. The van der Waals surface area contributed by atoms with Crippen LogP contribution in [-0.4, -0.2) is 11.1 Å². The molecule has 0 aliphatic heterocycles. The van der Waals surface area contributed by atoms with Gasteiger partial charge in [-0.2, -0.15) is 0 Å². The molecule has 0 saturated heterocycles. The van der Waals surface area contributed by atoms with E-state index >= 15 is 0 Å². The van der Waals surface area contributed by atoms with Gasteiger partial charge in [0.15, 0.2) is 5.43 Å². The largest absolute Gasteiger partial charge is 0.486 e. The predicted octanol–water partition coefficient (Wildman–Crippen LogP) is 4.98. The number of rotatable bonds is 5. The maximum Gasteiger partial charge on any atom is 0.371 e. The van der Waals surface area contributed by atoms with Crippen LogP contribution in [0.5, 0.6) is 5.75 Å². The average molecular weight is 397 g/mol. The summed E-state index contributed by atoms with van der Waals surface area (Å²) in [6.07, 6.45) is 1.41. The van der Waals surface area contributed by atoms with Crippen LogP contribution in [0.15, 0.2) is 74.5 Å². The molecule has 2 aromatic carbocycles. The van der Waals surface area contributed by atoms with Crippen LogP contribution in [0.1, 0.15) is 16.3 Å². The van der Waals surface area contributed by atoms with Crippen molar-refractivity contribution in [3.05, 3.63) is 87.6 Å². The highest BCUT2D eigenvalue weighted by Crippen LogP contribution is 2.24. The highest BCUT2D eigenvalue weighted by Gasteiger charge is 2.12. The van der Waals surface area contributed by atoms with Crippen molar-refractivity contribution in [2.75, 3.05) is 0 Å². The Morgan fingerprint density at radius 1 is 1.07 bits per heavy atom. The summed E-state index contributed by atoms with van der Waals surface area (Å²) in [6, 6.07) is 14.7. The third kappa shape index (κ3) is 3.50. The van der Waals surface area contributed by atoms with Crippen LogP contribution in [0, 0.1) is 0 Å². The first-order valence-corrected chi connectivity index (χ1v) is 8.65. The van der Waals surface area contributed by atoms with Crippen molar-refractivity contribution in [1.82, 2.24) is 0 Å². The molecule has 0 aliphatic carbocycles. The number of hydrogen-bond donors (Lipinski definition) is 1. The average Bonchev–Trinajstić information content (AvgIpc) is 3.17. The normalized spacial score (nSPS) is 10.9. The van der Waals surface area contributed by atoms with E-state index in [9.17, 15) is 9.59 Å². The fourth-order valence-corrected chi connectivity index (χ4v) is 2.88. The number of carboxylic acid groups (broad SMARTS) is 1. The molecule has 0 aliphatic rings. The second-order valence-electron chi connectivity index (χ2n) is 6.00. The van der Waals surface area contributed by atoms with Gasteiger partial charge in [-0.25, -0.2) is 4.79 Å². The van der Waals surface area contributed by atoms with Crippen LogP contribution in [-0.2, 0) is 6.61 Å². The van der Waals surface area contributed by atoms with E-state index in [1.54, 1.807) is 42.5 Å². The van der Waals surface area contributed by atoms with E-state index in [1.807, 2.05) is 0 Å². The van der Waals surface area contributed by atoms with Crippen LogP contribution >= 0.6 is 11.6 Å². The molecule has 1 N–H and O–H groups in total. The summed E-state index contributed by atoms with van der Waals surface area (Å²) >= 11 is 5.89. The Balaban J connectivity index is 1.59. The lowest BCUT2D eigenvalue weighted by Gasteiger charge is -2.06. The van der Waals surface area contributed by atoms with Gasteiger partial charge < -0.3 is 18.7 Å². The van der Waals surface area contributed by atoms with Crippen molar-refractivity contribution in [3.63, 3.8) is 0 Å². The number of benzene rings is 2. The lowest BCUT2D eigenvalue weighted by Crippen LogP contribution is -2.05. The van der Waals surface area contributed by atoms with Crippen molar-refractivity contribution in [2.24, 2.45) is 0 Å². The zero-order valence-corrected chi connectivity index (χ0v) is 15.1. The van der Waals surface area contributed by atoms with Gasteiger partial charge in [0.1, 0.15) is 30.0 Å². The molecule has 2 heterocycles. The minimum absolute atomic E-state index is 0.0475. The molecular weight excluding hydrogens is 384 g/mol. The summed E-state index contributed by atoms with van der Waals surface area (Å²) in [5.74, 6) is -0.465. The SMILES string of the molecule is O=C(O)c1ccc(COc2ccc3c(=O)c(-c4ccc(Cl)cc4)coc3c2)o1. The number of fused-ring (bicyclic) bond motifs is 1. The molecule has 0 saturated carbocycles. The van der Waals surface area contributed by atoms with Crippen LogP contribution in [0.4, 0.5) is 0 Å². The monoisotopic (exact) mass is 396 g/mol. The van der Waals surface area contributed by atoms with E-state index in [1.165, 1.54) is 18.4 Å². The van der Waals surface area contributed by atoms with Gasteiger partial charge in [0.25, 0.3) is 0 Å². The summed E-state index contributed by atoms with van der Waals surface area (Å²) in [6.45, 7) is 0.0475. The summed E-state index contributed by atoms with van der Waals surface area (Å²) < 4.78 is 16.4. The first-order chi connectivity index (χ1) is 13.5. The van der Waals surface area contributed by atoms with Crippen molar-refractivity contribution < 1.29 is 23.5 Å². The molecule has 0 unspecified atom stereocenters. The molecular formula is C21H13ClO6. The molecule has 28 heavy (non-hydrogen) atoms. The third-order valence-corrected chi connectivity index (χ3v) is 4.41. The van der Waals surface area contributed by atoms with E-state index in [4.69, 9.17) is 30.3 Å². The smallest absolute Gasteiger partial charge is 0.371 e. The Hall–Kier alpha value is -3.51. The van der Waals surface area contributed by atoms with E-state index in [0.29, 0.717) is 38.6 Å². The quantitative estimate of drug-likeness (QED) is 0.511. The molecule has 4 aromatic rings. The van der Waals surface area contributed by atoms with E-state index < -0.39 is 5.97 Å². The molecule has 0 fully saturated rings. The first-order valence-electron chi connectivity index (χ1n) is 8.27. The Bertz CT molecular complexity index is 1220. The van der Waals surface area contributed by atoms with Gasteiger partial charge in [-0.3, -0.25) is 4.79 Å². The van der Waals surface area contributed by atoms with Gasteiger partial charge in [0, 0.05) is 11.1 Å². The summed E-state index contributed by atoms with van der Waals surface area (Å²) in [5, 5.41) is 9.87. The second kappa shape index (κ2) is 7.25. The van der Waals surface area contributed by atoms with E-state index in [0.717, 1.165) is 0 Å². The van der Waals surface area contributed by atoms with E-state index in [-0.39, 0.29) is 17.8 Å². The zero-order valence-electron chi connectivity index (χ0n) is 14.3. The molecule has 6 nitrogen and oxygen atoms in total. The van der Waals surface area contributed by atoms with Crippen molar-refractivity contribution in [1.29, 1.82) is 0 Å². The minimum atomic E-state index is -1.14. The van der Waals surface area contributed by atoms with E-state index in [2.05, 4.69) is 0 Å². The highest BCUT2D eigenvalue weighted by atomic mass is 35.5.